The van der Waals surface area contributed by atoms with Crippen LogP contribution >= 0.6 is 0 Å². The van der Waals surface area contributed by atoms with Crippen LogP contribution in [0.15, 0.2) is 55.0 Å². The molecular formula is C21H22N6O4. The molecule has 0 atom stereocenters. The van der Waals surface area contributed by atoms with Gasteiger partial charge in [0.25, 0.3) is 5.91 Å². The van der Waals surface area contributed by atoms with Gasteiger partial charge < -0.3 is 20.2 Å². The van der Waals surface area contributed by atoms with Gasteiger partial charge in [0.2, 0.25) is 0 Å². The van der Waals surface area contributed by atoms with Crippen molar-refractivity contribution in [3.63, 3.8) is 0 Å². The molecule has 1 N–H and O–H groups in total. The zero-order valence-corrected chi connectivity index (χ0v) is 16.8. The molecule has 1 aliphatic heterocycles. The summed E-state index contributed by atoms with van der Waals surface area (Å²) >= 11 is 0. The van der Waals surface area contributed by atoms with Gasteiger partial charge in [0.1, 0.15) is 12.8 Å². The van der Waals surface area contributed by atoms with E-state index in [-0.39, 0.29) is 17.7 Å². The van der Waals surface area contributed by atoms with Crippen molar-refractivity contribution in [1.29, 1.82) is 0 Å². The largest absolute Gasteiger partial charge is 0.444 e. The number of benzene rings is 1. The lowest BCUT2D eigenvalue weighted by Crippen LogP contribution is -2.33. The van der Waals surface area contributed by atoms with Gasteiger partial charge in [-0.25, -0.2) is 0 Å². The van der Waals surface area contributed by atoms with Crippen LogP contribution in [0.2, 0.25) is 0 Å². The third kappa shape index (κ3) is 5.23. The summed E-state index contributed by atoms with van der Waals surface area (Å²) in [7, 11) is 0. The highest BCUT2D eigenvalue weighted by Crippen LogP contribution is 2.19. The fraction of sp³-hybridized carbons (Fsp3) is 0.286. The van der Waals surface area contributed by atoms with Gasteiger partial charge in [-0.3, -0.25) is 19.2 Å². The van der Waals surface area contributed by atoms with Crippen molar-refractivity contribution in [3.05, 3.63) is 81.8 Å². The summed E-state index contributed by atoms with van der Waals surface area (Å²) in [6.45, 7) is 3.46. The lowest BCUT2D eigenvalue weighted by Gasteiger charge is -2.24. The first-order chi connectivity index (χ1) is 15.1. The predicted molar refractivity (Wildman–Crippen MR) is 112 cm³/mol. The lowest BCUT2D eigenvalue weighted by atomic mass is 10.1. The highest BCUT2D eigenvalue weighted by molar-refractivity contribution is 5.94. The molecule has 0 unspecified atom stereocenters. The molecule has 0 saturated heterocycles. The van der Waals surface area contributed by atoms with Crippen LogP contribution in [0.5, 0.6) is 6.01 Å². The monoisotopic (exact) mass is 422 g/mol. The van der Waals surface area contributed by atoms with Crippen LogP contribution in [0.1, 0.15) is 21.5 Å². The number of nitro groups is 1. The number of fused-ring (bicyclic) bond motifs is 1. The summed E-state index contributed by atoms with van der Waals surface area (Å²) in [6, 6.07) is 11.5. The number of nitrogens with one attached hydrogen (secondary N) is 1. The summed E-state index contributed by atoms with van der Waals surface area (Å²) in [5.41, 5.74) is 2.66. The van der Waals surface area contributed by atoms with Gasteiger partial charge in [0, 0.05) is 55.7 Å². The number of rotatable bonds is 6. The van der Waals surface area contributed by atoms with Crippen molar-refractivity contribution in [2.24, 2.45) is 0 Å². The predicted octanol–water partition coefficient (Wildman–Crippen LogP) is 2.01. The molecule has 1 amide bonds. The minimum atomic E-state index is -0.520. The van der Waals surface area contributed by atoms with E-state index < -0.39 is 4.92 Å². The molecule has 0 radical (unpaired) electrons. The van der Waals surface area contributed by atoms with Crippen molar-refractivity contribution >= 4 is 11.7 Å². The molecule has 1 aromatic carbocycles. The summed E-state index contributed by atoms with van der Waals surface area (Å²) in [6.07, 6.45) is 4.79. The second-order valence-electron chi connectivity index (χ2n) is 7.19. The van der Waals surface area contributed by atoms with Crippen LogP contribution < -0.4 is 10.1 Å². The smallest absolute Gasteiger partial charge is 0.414 e. The second-order valence-corrected chi connectivity index (χ2v) is 7.19. The summed E-state index contributed by atoms with van der Waals surface area (Å²) < 4.78 is 7.26. The van der Waals surface area contributed by atoms with Crippen LogP contribution in [0.3, 0.4) is 0 Å². The van der Waals surface area contributed by atoms with E-state index in [4.69, 9.17) is 4.74 Å². The first kappa shape index (κ1) is 20.5. The minimum Gasteiger partial charge on any atom is -0.444 e. The fourth-order valence-corrected chi connectivity index (χ4v) is 3.34. The molecule has 10 heteroatoms. The number of imidazole rings is 1. The summed E-state index contributed by atoms with van der Waals surface area (Å²) in [5, 5.41) is 13.8. The molecule has 0 saturated carbocycles. The molecule has 2 aromatic heterocycles. The number of ether oxygens (including phenoxy) is 1. The van der Waals surface area contributed by atoms with E-state index in [1.807, 2.05) is 36.4 Å². The van der Waals surface area contributed by atoms with E-state index in [1.165, 1.54) is 6.20 Å². The van der Waals surface area contributed by atoms with Crippen molar-refractivity contribution < 1.29 is 14.5 Å². The van der Waals surface area contributed by atoms with Crippen LogP contribution in [0.4, 0.5) is 5.82 Å². The van der Waals surface area contributed by atoms with Gasteiger partial charge in [-0.15, -0.1) is 0 Å². The van der Waals surface area contributed by atoms with Gasteiger partial charge in [-0.1, -0.05) is 12.1 Å². The SMILES string of the molecule is O=C(NCc1ccncc1)c1ccc(CN2CCOc3nc([N+](=O)[O-])cn3CC2)cc1. The van der Waals surface area contributed by atoms with Crippen molar-refractivity contribution in [1.82, 2.24) is 24.8 Å². The Morgan fingerprint density at radius 3 is 2.61 bits per heavy atom. The van der Waals surface area contributed by atoms with E-state index in [1.54, 1.807) is 17.0 Å². The molecule has 4 rings (SSSR count). The molecule has 3 heterocycles. The van der Waals surface area contributed by atoms with Crippen molar-refractivity contribution in [2.75, 3.05) is 19.7 Å². The number of hydrogen-bond donors (Lipinski definition) is 1. The zero-order valence-electron chi connectivity index (χ0n) is 16.8. The standard InChI is InChI=1S/C21H22N6O4/c28-20(23-13-16-5-7-22-8-6-16)18-3-1-17(2-4-18)14-25-9-10-26-15-19(27(29)30)24-21(26)31-12-11-25/h1-8,15H,9-14H2,(H,23,28). The third-order valence-electron chi connectivity index (χ3n) is 5.03. The van der Waals surface area contributed by atoms with Gasteiger partial charge >= 0.3 is 11.8 Å². The molecule has 160 valence electrons. The number of hydrogen-bond acceptors (Lipinski definition) is 7. The molecule has 1 aliphatic rings. The summed E-state index contributed by atoms with van der Waals surface area (Å²) in [4.78, 5) is 32.8. The Balaban J connectivity index is 1.32. The van der Waals surface area contributed by atoms with E-state index in [0.717, 1.165) is 11.1 Å². The number of pyridine rings is 1. The van der Waals surface area contributed by atoms with E-state index in [2.05, 4.69) is 20.2 Å². The van der Waals surface area contributed by atoms with E-state index in [0.29, 0.717) is 44.9 Å². The Labute approximate surface area is 178 Å². The average molecular weight is 422 g/mol. The second kappa shape index (κ2) is 9.35. The number of amides is 1. The van der Waals surface area contributed by atoms with Crippen LogP contribution in [-0.2, 0) is 19.6 Å². The first-order valence-electron chi connectivity index (χ1n) is 9.91. The van der Waals surface area contributed by atoms with E-state index in [9.17, 15) is 14.9 Å². The average Bonchev–Trinajstić information content (AvgIpc) is 3.18. The van der Waals surface area contributed by atoms with Gasteiger partial charge in [-0.05, 0) is 40.3 Å². The highest BCUT2D eigenvalue weighted by Gasteiger charge is 2.22. The maximum atomic E-state index is 12.4. The number of carbonyl (C=O) groups is 1. The molecule has 3 aromatic rings. The maximum absolute atomic E-state index is 12.4. The number of carbonyl (C=O) groups excluding carboxylic acids is 1. The molecule has 0 spiro atoms. The minimum absolute atomic E-state index is 0.128. The zero-order chi connectivity index (χ0) is 21.6. The topological polar surface area (TPSA) is 115 Å². The van der Waals surface area contributed by atoms with Crippen LogP contribution in [0, 0.1) is 10.1 Å². The molecule has 10 nitrogen and oxygen atoms in total. The van der Waals surface area contributed by atoms with Crippen LogP contribution in [0.25, 0.3) is 0 Å². The molecule has 0 fully saturated rings. The van der Waals surface area contributed by atoms with Crippen molar-refractivity contribution in [3.8, 4) is 6.01 Å². The maximum Gasteiger partial charge on any atom is 0.414 e. The van der Waals surface area contributed by atoms with Gasteiger partial charge in [-0.2, -0.15) is 0 Å². The quantitative estimate of drug-likeness (QED) is 0.477. The Morgan fingerprint density at radius 1 is 1.10 bits per heavy atom. The molecule has 0 aliphatic carbocycles. The fourth-order valence-electron chi connectivity index (χ4n) is 3.34. The molecule has 0 bridgehead atoms. The van der Waals surface area contributed by atoms with Crippen molar-refractivity contribution in [2.45, 2.75) is 19.6 Å². The van der Waals surface area contributed by atoms with Crippen LogP contribution in [-0.4, -0.2) is 50.0 Å². The Morgan fingerprint density at radius 2 is 1.87 bits per heavy atom. The third-order valence-corrected chi connectivity index (χ3v) is 5.03. The van der Waals surface area contributed by atoms with Gasteiger partial charge in [0.05, 0.1) is 0 Å². The Bertz CT molecular complexity index is 1050. The Hall–Kier alpha value is -3.79. The highest BCUT2D eigenvalue weighted by atomic mass is 16.6. The Kier molecular flexibility index (Phi) is 6.18. The first-order valence-corrected chi connectivity index (χ1v) is 9.91. The number of aromatic nitrogens is 3. The number of nitrogens with zero attached hydrogens (tertiary/aromatic N) is 5. The van der Waals surface area contributed by atoms with E-state index >= 15 is 0 Å². The molecular weight excluding hydrogens is 400 g/mol. The normalized spacial score (nSPS) is 14.1. The van der Waals surface area contributed by atoms with Gasteiger partial charge in [0.15, 0.2) is 0 Å². The molecule has 31 heavy (non-hydrogen) atoms. The summed E-state index contributed by atoms with van der Waals surface area (Å²) in [5.74, 6) is -0.335. The lowest BCUT2D eigenvalue weighted by molar-refractivity contribution is -0.389.